The zero-order valence-corrected chi connectivity index (χ0v) is 20.3. The summed E-state index contributed by atoms with van der Waals surface area (Å²) in [6, 6.07) is 9.27. The van der Waals surface area contributed by atoms with Crippen molar-refractivity contribution in [1.29, 1.82) is 5.41 Å². The number of amides is 2. The molecule has 0 bridgehead atoms. The summed E-state index contributed by atoms with van der Waals surface area (Å²) in [5, 5.41) is 12.0. The quantitative estimate of drug-likeness (QED) is 0.373. The van der Waals surface area contributed by atoms with Crippen LogP contribution in [0.25, 0.3) is 0 Å². The van der Waals surface area contributed by atoms with Gasteiger partial charge in [0.05, 0.1) is 5.71 Å². The van der Waals surface area contributed by atoms with Gasteiger partial charge in [-0.25, -0.2) is 8.78 Å². The fourth-order valence-corrected chi connectivity index (χ4v) is 4.78. The maximum Gasteiger partial charge on any atom is 0.245 e. The summed E-state index contributed by atoms with van der Waals surface area (Å²) >= 11 is 0. The molecular weight excluding hydrogens is 480 g/mol. The van der Waals surface area contributed by atoms with E-state index < -0.39 is 23.5 Å². The molecule has 2 aromatic rings. The highest BCUT2D eigenvalue weighted by molar-refractivity contribution is 6.25. The highest BCUT2D eigenvalue weighted by Crippen LogP contribution is 2.27. The smallest absolute Gasteiger partial charge is 0.245 e. The van der Waals surface area contributed by atoms with Gasteiger partial charge in [-0.3, -0.25) is 14.6 Å². The van der Waals surface area contributed by atoms with Crippen molar-refractivity contribution in [2.24, 2.45) is 22.6 Å². The molecule has 10 heteroatoms. The van der Waals surface area contributed by atoms with Gasteiger partial charge in [0.1, 0.15) is 23.3 Å². The van der Waals surface area contributed by atoms with Crippen LogP contribution in [-0.4, -0.2) is 53.9 Å². The molecule has 4 N–H and O–H groups in total. The largest absolute Gasteiger partial charge is 0.454 e. The van der Waals surface area contributed by atoms with Crippen molar-refractivity contribution in [3.05, 3.63) is 72.3 Å². The maximum absolute atomic E-state index is 13.9. The third-order valence-corrected chi connectivity index (χ3v) is 6.78. The van der Waals surface area contributed by atoms with Crippen LogP contribution >= 0.6 is 0 Å². The first-order valence-electron chi connectivity index (χ1n) is 12.1. The van der Waals surface area contributed by atoms with Crippen LogP contribution < -0.4 is 15.8 Å². The van der Waals surface area contributed by atoms with E-state index in [0.717, 1.165) is 31.4 Å². The molecule has 2 unspecified atom stereocenters. The summed E-state index contributed by atoms with van der Waals surface area (Å²) in [5.41, 5.74) is 6.11. The van der Waals surface area contributed by atoms with Gasteiger partial charge in [-0.2, -0.15) is 0 Å². The van der Waals surface area contributed by atoms with Gasteiger partial charge in [-0.15, -0.1) is 0 Å². The third kappa shape index (κ3) is 6.02. The van der Waals surface area contributed by atoms with E-state index in [1.807, 2.05) is 0 Å². The highest BCUT2D eigenvalue weighted by Gasteiger charge is 2.35. The number of carbonyl (C=O) groups is 2. The number of hydrogen-bond acceptors (Lipinski definition) is 6. The molecule has 2 aliphatic heterocycles. The first kappa shape index (κ1) is 26.0. The molecule has 2 amide bonds. The third-order valence-electron chi connectivity index (χ3n) is 6.78. The van der Waals surface area contributed by atoms with Gasteiger partial charge in [0.15, 0.2) is 11.6 Å². The number of likely N-dealkylation sites (tertiary alicyclic amines) is 1. The van der Waals surface area contributed by atoms with Crippen LogP contribution in [-0.2, 0) is 9.59 Å². The Kier molecular flexibility index (Phi) is 7.95. The van der Waals surface area contributed by atoms with E-state index in [1.54, 1.807) is 17.0 Å². The lowest BCUT2D eigenvalue weighted by Gasteiger charge is -2.38. The van der Waals surface area contributed by atoms with Crippen molar-refractivity contribution in [1.82, 2.24) is 10.2 Å². The number of nitrogens with one attached hydrogen (secondary N) is 2. The normalized spacial score (nSPS) is 18.8. The van der Waals surface area contributed by atoms with E-state index in [0.29, 0.717) is 37.0 Å². The summed E-state index contributed by atoms with van der Waals surface area (Å²) in [6.45, 7) is 5.34. The number of rotatable bonds is 8. The lowest BCUT2D eigenvalue weighted by atomic mass is 9.85. The predicted octanol–water partition coefficient (Wildman–Crippen LogP) is 3.41. The number of hydrogen-bond donors (Lipinski definition) is 3. The van der Waals surface area contributed by atoms with Gasteiger partial charge in [0.2, 0.25) is 11.8 Å². The van der Waals surface area contributed by atoms with Gasteiger partial charge in [0, 0.05) is 31.7 Å². The van der Waals surface area contributed by atoms with Crippen LogP contribution in [0.2, 0.25) is 0 Å². The molecule has 8 nitrogen and oxygen atoms in total. The lowest BCUT2D eigenvalue weighted by Crippen LogP contribution is -2.53. The zero-order chi connectivity index (χ0) is 26.5. The Morgan fingerprint density at radius 1 is 1.16 bits per heavy atom. The minimum atomic E-state index is -1.06. The van der Waals surface area contributed by atoms with E-state index in [-0.39, 0.29) is 29.2 Å². The molecule has 0 aromatic heterocycles. The molecule has 2 atom stereocenters. The summed E-state index contributed by atoms with van der Waals surface area (Å²) < 4.78 is 32.5. The second kappa shape index (κ2) is 11.3. The Labute approximate surface area is 213 Å². The number of carbonyl (C=O) groups excluding carboxylic acids is 2. The molecule has 1 saturated heterocycles. The molecule has 0 spiro atoms. The van der Waals surface area contributed by atoms with Gasteiger partial charge < -0.3 is 26.1 Å². The Balaban J connectivity index is 1.43. The van der Waals surface area contributed by atoms with Crippen LogP contribution in [0.3, 0.4) is 0 Å². The molecule has 194 valence electrons. The molecule has 2 aromatic carbocycles. The summed E-state index contributed by atoms with van der Waals surface area (Å²) in [6.07, 6.45) is 3.75. The molecule has 1 fully saturated rings. The Morgan fingerprint density at radius 2 is 1.86 bits per heavy atom. The molecule has 2 heterocycles. The van der Waals surface area contributed by atoms with Crippen LogP contribution in [0.1, 0.15) is 24.8 Å². The van der Waals surface area contributed by atoms with Crippen LogP contribution in [0.4, 0.5) is 8.78 Å². The van der Waals surface area contributed by atoms with Crippen molar-refractivity contribution >= 4 is 23.4 Å². The molecular formula is C27H29F2N5O3. The van der Waals surface area contributed by atoms with E-state index in [9.17, 15) is 18.4 Å². The number of piperidine rings is 1. The first-order valence-corrected chi connectivity index (χ1v) is 12.1. The molecule has 0 radical (unpaired) electrons. The Morgan fingerprint density at radius 3 is 2.49 bits per heavy atom. The molecule has 37 heavy (non-hydrogen) atoms. The fraction of sp³-hybridized carbons (Fsp3) is 0.333. The number of amidine groups is 1. The Hall–Kier alpha value is -4.08. The van der Waals surface area contributed by atoms with E-state index >= 15 is 0 Å². The first-order chi connectivity index (χ1) is 17.8. The fourth-order valence-electron chi connectivity index (χ4n) is 4.78. The highest BCUT2D eigenvalue weighted by atomic mass is 19.1. The van der Waals surface area contributed by atoms with Crippen molar-refractivity contribution in [3.8, 4) is 11.5 Å². The number of nitrogens with zero attached hydrogens (tertiary/aromatic N) is 2. The van der Waals surface area contributed by atoms with Gasteiger partial charge in [0.25, 0.3) is 0 Å². The number of halogens is 2. The minimum absolute atomic E-state index is 0.0229. The van der Waals surface area contributed by atoms with Crippen molar-refractivity contribution in [2.45, 2.75) is 25.3 Å². The number of nitrogens with two attached hydrogens (primary N) is 1. The van der Waals surface area contributed by atoms with Crippen molar-refractivity contribution in [2.75, 3.05) is 19.6 Å². The SMILES string of the molecule is C=CC(=O)N1CCC(C2CCN=C(C(C(=N)c3ccc(Oc4ccc(F)cc4F)cc3)C(N)=O)N2)CC1. The van der Waals surface area contributed by atoms with Crippen molar-refractivity contribution < 1.29 is 23.1 Å². The van der Waals surface area contributed by atoms with E-state index in [1.165, 1.54) is 24.3 Å². The molecule has 0 saturated carbocycles. The van der Waals surface area contributed by atoms with Gasteiger partial charge >= 0.3 is 0 Å². The minimum Gasteiger partial charge on any atom is -0.454 e. The molecule has 4 rings (SSSR count). The second-order valence-corrected chi connectivity index (χ2v) is 9.12. The number of ether oxygens (including phenoxy) is 1. The monoisotopic (exact) mass is 509 g/mol. The van der Waals surface area contributed by atoms with E-state index in [4.69, 9.17) is 15.9 Å². The summed E-state index contributed by atoms with van der Waals surface area (Å²) in [4.78, 5) is 30.6. The molecule has 2 aliphatic rings. The average Bonchev–Trinajstić information content (AvgIpc) is 2.90. The number of aliphatic imine (C=N–C) groups is 1. The maximum atomic E-state index is 13.9. The molecule has 0 aliphatic carbocycles. The second-order valence-electron chi connectivity index (χ2n) is 9.12. The average molecular weight is 510 g/mol. The van der Waals surface area contributed by atoms with Crippen LogP contribution in [0, 0.1) is 28.9 Å². The van der Waals surface area contributed by atoms with Crippen LogP contribution in [0.15, 0.2) is 60.1 Å². The lowest BCUT2D eigenvalue weighted by molar-refractivity contribution is -0.127. The van der Waals surface area contributed by atoms with Crippen molar-refractivity contribution in [3.63, 3.8) is 0 Å². The predicted molar refractivity (Wildman–Crippen MR) is 136 cm³/mol. The standard InChI is InChI=1S/C27H29F2N5O3/c1-2-23(35)34-13-10-16(11-14-34)21-9-12-32-27(33-21)24(26(31)36)25(30)17-3-6-19(7-4-17)37-22-8-5-18(28)15-20(22)29/h2-8,15-16,21,24,30H,1,9-14H2,(H2,31,36)(H,32,33). The van der Waals surface area contributed by atoms with Gasteiger partial charge in [-0.1, -0.05) is 6.58 Å². The Bertz CT molecular complexity index is 1220. The topological polar surface area (TPSA) is 121 Å². The van der Waals surface area contributed by atoms with Gasteiger partial charge in [-0.05, 0) is 73.2 Å². The van der Waals surface area contributed by atoms with Crippen LogP contribution in [0.5, 0.6) is 11.5 Å². The number of primary amides is 1. The summed E-state index contributed by atoms with van der Waals surface area (Å²) in [7, 11) is 0. The van der Waals surface area contributed by atoms with E-state index in [2.05, 4.69) is 16.9 Å². The zero-order valence-electron chi connectivity index (χ0n) is 20.3. The summed E-state index contributed by atoms with van der Waals surface area (Å²) in [5.74, 6) is -2.56. The number of benzene rings is 2.